The van der Waals surface area contributed by atoms with Gasteiger partial charge >= 0.3 is 0 Å². The van der Waals surface area contributed by atoms with Crippen molar-refractivity contribution in [1.82, 2.24) is 15.3 Å². The number of nitrogens with zero attached hydrogens (tertiary/aromatic N) is 2. The van der Waals surface area contributed by atoms with Crippen LogP contribution in [0, 0.1) is 11.8 Å². The number of nitrogens with one attached hydrogen (secondary N) is 3. The van der Waals surface area contributed by atoms with E-state index in [1.807, 2.05) is 18.2 Å². The molecule has 1 saturated heterocycles. The van der Waals surface area contributed by atoms with E-state index in [0.29, 0.717) is 17.4 Å². The molecule has 1 amide bonds. The normalized spacial score (nSPS) is 19.5. The Kier molecular flexibility index (Phi) is 5.55. The number of amides is 1. The van der Waals surface area contributed by atoms with Crippen molar-refractivity contribution < 1.29 is 4.79 Å². The van der Waals surface area contributed by atoms with Crippen LogP contribution in [0.3, 0.4) is 0 Å². The van der Waals surface area contributed by atoms with Gasteiger partial charge in [0.15, 0.2) is 0 Å². The Morgan fingerprint density at radius 1 is 1.26 bits per heavy atom. The number of anilines is 2. The Bertz CT molecular complexity index is 818. The van der Waals surface area contributed by atoms with Crippen LogP contribution in [-0.2, 0) is 4.79 Å². The van der Waals surface area contributed by atoms with Crippen LogP contribution in [0.1, 0.15) is 25.7 Å². The van der Waals surface area contributed by atoms with Crippen molar-refractivity contribution in [1.29, 1.82) is 0 Å². The van der Waals surface area contributed by atoms with Gasteiger partial charge in [-0.05, 0) is 56.3 Å². The van der Waals surface area contributed by atoms with Crippen LogP contribution in [-0.4, -0.2) is 35.5 Å². The second-order valence-corrected chi connectivity index (χ2v) is 7.72. The van der Waals surface area contributed by atoms with Crippen molar-refractivity contribution >= 4 is 29.1 Å². The average molecular weight is 386 g/mol. The number of hydrogen-bond donors (Lipinski definition) is 3. The highest BCUT2D eigenvalue weighted by molar-refractivity contribution is 6.33. The van der Waals surface area contributed by atoms with Crippen molar-refractivity contribution in [2.24, 2.45) is 11.8 Å². The van der Waals surface area contributed by atoms with E-state index in [0.717, 1.165) is 48.9 Å². The molecule has 0 aromatic carbocycles. The second kappa shape index (κ2) is 8.23. The minimum atomic E-state index is -0.0206. The van der Waals surface area contributed by atoms with E-state index in [-0.39, 0.29) is 11.8 Å². The zero-order valence-corrected chi connectivity index (χ0v) is 15.9. The molecular formula is C20H24ClN5O. The Morgan fingerprint density at radius 2 is 2.15 bits per heavy atom. The molecule has 0 unspecified atom stereocenters. The van der Waals surface area contributed by atoms with Crippen LogP contribution in [0.25, 0.3) is 11.3 Å². The third-order valence-electron chi connectivity index (χ3n) is 5.07. The molecule has 0 bridgehead atoms. The van der Waals surface area contributed by atoms with Crippen LogP contribution in [0.4, 0.5) is 11.6 Å². The lowest BCUT2D eigenvalue weighted by atomic mass is 9.99. The summed E-state index contributed by atoms with van der Waals surface area (Å²) in [5.74, 6) is 2.09. The predicted molar refractivity (Wildman–Crippen MR) is 108 cm³/mol. The molecule has 0 radical (unpaired) electrons. The summed E-state index contributed by atoms with van der Waals surface area (Å²) < 4.78 is 0. The van der Waals surface area contributed by atoms with Gasteiger partial charge in [-0.2, -0.15) is 0 Å². The van der Waals surface area contributed by atoms with Crippen LogP contribution in [0.15, 0.2) is 30.5 Å². The van der Waals surface area contributed by atoms with Gasteiger partial charge in [-0.3, -0.25) is 4.79 Å². The number of piperidine rings is 1. The molecule has 142 valence electrons. The lowest BCUT2D eigenvalue weighted by molar-refractivity contribution is -0.120. The van der Waals surface area contributed by atoms with Gasteiger partial charge in [0.25, 0.3) is 0 Å². The molecule has 1 aliphatic carbocycles. The van der Waals surface area contributed by atoms with Crippen molar-refractivity contribution in [3.63, 3.8) is 0 Å². The fraction of sp³-hybridized carbons (Fsp3) is 0.450. The number of hydrogen-bond acceptors (Lipinski definition) is 5. The highest BCUT2D eigenvalue weighted by Crippen LogP contribution is 2.31. The second-order valence-electron chi connectivity index (χ2n) is 7.31. The summed E-state index contributed by atoms with van der Waals surface area (Å²) in [6.45, 7) is 2.64. The number of halogens is 1. The van der Waals surface area contributed by atoms with E-state index in [9.17, 15) is 4.79 Å². The molecule has 2 aliphatic rings. The summed E-state index contributed by atoms with van der Waals surface area (Å²) in [6, 6.07) is 7.63. The van der Waals surface area contributed by atoms with Crippen LogP contribution in [0.2, 0.25) is 5.02 Å². The summed E-state index contributed by atoms with van der Waals surface area (Å²) in [5, 5.41) is 10.1. The standard InChI is InChI=1S/C20H24ClN5O/c21-16-12-24-19(26-20(27)14-3-2-8-22-11-14)9-15(16)17-4-1-5-18(25-17)23-10-13-6-7-13/h1,4-5,9,12-14,22H,2-3,6-8,10-11H2,(H,23,25)(H,24,26,27)/t14-/m1/s1. The number of carbonyl (C=O) groups excluding carboxylic acids is 1. The molecule has 3 N–H and O–H groups in total. The minimum Gasteiger partial charge on any atom is -0.370 e. The Hall–Kier alpha value is -2.18. The van der Waals surface area contributed by atoms with Gasteiger partial charge in [0.1, 0.15) is 11.6 Å². The molecule has 1 aliphatic heterocycles. The highest BCUT2D eigenvalue weighted by Gasteiger charge is 2.22. The maximum absolute atomic E-state index is 12.5. The van der Waals surface area contributed by atoms with Gasteiger partial charge in [-0.25, -0.2) is 9.97 Å². The predicted octanol–water partition coefficient (Wildman–Crippen LogP) is 3.56. The Labute approximate surface area is 164 Å². The molecule has 2 aromatic heterocycles. The van der Waals surface area contributed by atoms with E-state index in [2.05, 4.69) is 25.9 Å². The SMILES string of the molecule is O=C(Nc1cc(-c2cccc(NCC3CC3)n2)c(Cl)cn1)[C@@H]1CCCNC1. The van der Waals surface area contributed by atoms with Crippen molar-refractivity contribution in [3.8, 4) is 11.3 Å². The zero-order valence-electron chi connectivity index (χ0n) is 15.2. The van der Waals surface area contributed by atoms with Gasteiger partial charge in [-0.1, -0.05) is 17.7 Å². The first kappa shape index (κ1) is 18.2. The number of carbonyl (C=O) groups is 1. The molecule has 1 atom stereocenters. The quantitative estimate of drug-likeness (QED) is 0.708. The summed E-state index contributed by atoms with van der Waals surface area (Å²) >= 11 is 6.36. The number of aromatic nitrogens is 2. The van der Waals surface area contributed by atoms with E-state index in [1.54, 1.807) is 12.3 Å². The van der Waals surface area contributed by atoms with Crippen LogP contribution < -0.4 is 16.0 Å². The maximum atomic E-state index is 12.5. The largest absolute Gasteiger partial charge is 0.370 e. The fourth-order valence-corrected chi connectivity index (χ4v) is 3.46. The molecule has 7 heteroatoms. The van der Waals surface area contributed by atoms with Crippen LogP contribution >= 0.6 is 11.6 Å². The molecule has 4 rings (SSSR count). The molecule has 2 aromatic rings. The Morgan fingerprint density at radius 3 is 2.93 bits per heavy atom. The lowest BCUT2D eigenvalue weighted by Crippen LogP contribution is -2.37. The fourth-order valence-electron chi connectivity index (χ4n) is 3.26. The summed E-state index contributed by atoms with van der Waals surface area (Å²) in [5.41, 5.74) is 1.52. The highest BCUT2D eigenvalue weighted by atomic mass is 35.5. The average Bonchev–Trinajstić information content (AvgIpc) is 3.53. The van der Waals surface area contributed by atoms with Crippen molar-refractivity contribution in [2.75, 3.05) is 30.3 Å². The molecule has 0 spiro atoms. The summed E-state index contributed by atoms with van der Waals surface area (Å²) in [7, 11) is 0. The Balaban J connectivity index is 1.49. The van der Waals surface area contributed by atoms with E-state index < -0.39 is 0 Å². The molecule has 3 heterocycles. The molecule has 27 heavy (non-hydrogen) atoms. The molecule has 1 saturated carbocycles. The lowest BCUT2D eigenvalue weighted by Gasteiger charge is -2.21. The first-order valence-corrected chi connectivity index (χ1v) is 9.95. The first-order valence-electron chi connectivity index (χ1n) is 9.57. The van der Waals surface area contributed by atoms with Gasteiger partial charge in [-0.15, -0.1) is 0 Å². The van der Waals surface area contributed by atoms with Gasteiger partial charge < -0.3 is 16.0 Å². The van der Waals surface area contributed by atoms with E-state index in [1.165, 1.54) is 12.8 Å². The number of pyridine rings is 2. The van der Waals surface area contributed by atoms with Gasteiger partial charge in [0.05, 0.1) is 16.6 Å². The van der Waals surface area contributed by atoms with Gasteiger partial charge in [0, 0.05) is 24.8 Å². The first-order chi connectivity index (χ1) is 13.2. The van der Waals surface area contributed by atoms with E-state index >= 15 is 0 Å². The molecule has 2 fully saturated rings. The third kappa shape index (κ3) is 4.76. The van der Waals surface area contributed by atoms with Gasteiger partial charge in [0.2, 0.25) is 5.91 Å². The van der Waals surface area contributed by atoms with Crippen molar-refractivity contribution in [2.45, 2.75) is 25.7 Å². The monoisotopic (exact) mass is 385 g/mol. The number of rotatable bonds is 6. The zero-order chi connectivity index (χ0) is 18.6. The topological polar surface area (TPSA) is 78.9 Å². The third-order valence-corrected chi connectivity index (χ3v) is 5.37. The smallest absolute Gasteiger partial charge is 0.229 e. The molecule has 6 nitrogen and oxygen atoms in total. The molecular weight excluding hydrogens is 362 g/mol. The van der Waals surface area contributed by atoms with Crippen molar-refractivity contribution in [3.05, 3.63) is 35.5 Å². The van der Waals surface area contributed by atoms with Crippen LogP contribution in [0.5, 0.6) is 0 Å². The maximum Gasteiger partial charge on any atom is 0.229 e. The minimum absolute atomic E-state index is 0.00391. The van der Waals surface area contributed by atoms with E-state index in [4.69, 9.17) is 11.6 Å². The summed E-state index contributed by atoms with van der Waals surface area (Å²) in [4.78, 5) is 21.4. The summed E-state index contributed by atoms with van der Waals surface area (Å²) in [6.07, 6.45) is 6.07.